The van der Waals surface area contributed by atoms with Gasteiger partial charge in [0.15, 0.2) is 0 Å². The molecule has 0 saturated heterocycles. The lowest BCUT2D eigenvalue weighted by molar-refractivity contribution is 0.0939. The van der Waals surface area contributed by atoms with Crippen molar-refractivity contribution in [1.82, 2.24) is 5.32 Å². The van der Waals surface area contributed by atoms with Crippen LogP contribution in [-0.2, 0) is 6.42 Å². The lowest BCUT2D eigenvalue weighted by Crippen LogP contribution is -2.34. The number of nitrogens with zero attached hydrogens (tertiary/aromatic N) is 1. The summed E-state index contributed by atoms with van der Waals surface area (Å²) >= 11 is 0. The van der Waals surface area contributed by atoms with Crippen LogP contribution in [-0.4, -0.2) is 33.2 Å². The van der Waals surface area contributed by atoms with Crippen LogP contribution in [0.1, 0.15) is 15.9 Å². The van der Waals surface area contributed by atoms with Gasteiger partial charge in [-0.3, -0.25) is 4.79 Å². The molecule has 23 heavy (non-hydrogen) atoms. The number of para-hydroxylation sites is 1. The first-order valence-corrected chi connectivity index (χ1v) is 7.90. The van der Waals surface area contributed by atoms with Gasteiger partial charge in [-0.1, -0.05) is 24.3 Å². The maximum absolute atomic E-state index is 12.3. The van der Waals surface area contributed by atoms with E-state index in [-0.39, 0.29) is 5.91 Å². The van der Waals surface area contributed by atoms with E-state index in [0.717, 1.165) is 17.9 Å². The monoisotopic (exact) mass is 310 g/mol. The van der Waals surface area contributed by atoms with Crippen molar-refractivity contribution in [3.05, 3.63) is 59.7 Å². The minimum atomic E-state index is -0.0347. The average molecular weight is 310 g/mol. The highest BCUT2D eigenvalue weighted by Gasteiger charge is 2.20. The van der Waals surface area contributed by atoms with Crippen molar-refractivity contribution in [2.45, 2.75) is 6.42 Å². The van der Waals surface area contributed by atoms with Crippen LogP contribution in [0.15, 0.2) is 48.5 Å². The molecule has 4 heteroatoms. The maximum atomic E-state index is 12.3. The van der Waals surface area contributed by atoms with Crippen LogP contribution in [0.4, 0.5) is 5.69 Å². The van der Waals surface area contributed by atoms with Crippen LogP contribution in [0.2, 0.25) is 0 Å². The van der Waals surface area contributed by atoms with Crippen molar-refractivity contribution in [2.24, 2.45) is 5.92 Å². The van der Waals surface area contributed by atoms with Crippen LogP contribution in [0.5, 0.6) is 5.75 Å². The zero-order valence-corrected chi connectivity index (χ0v) is 13.6. The standard InChI is InChI=1S/C19H22N2O2/c1-21(2)17-8-5-7-16(11-17)19(22)20-12-14-10-15-6-3-4-9-18(15)23-13-14/h3-9,11,14H,10,12-13H2,1-2H3,(H,20,22)/t14-/m0/s1. The number of fused-ring (bicyclic) bond motifs is 1. The number of carbonyl (C=O) groups is 1. The summed E-state index contributed by atoms with van der Waals surface area (Å²) in [7, 11) is 3.93. The predicted molar refractivity (Wildman–Crippen MR) is 92.2 cm³/mol. The van der Waals surface area contributed by atoms with Crippen molar-refractivity contribution in [3.8, 4) is 5.75 Å². The second-order valence-corrected chi connectivity index (χ2v) is 6.14. The van der Waals surface area contributed by atoms with E-state index in [1.165, 1.54) is 5.56 Å². The fourth-order valence-electron chi connectivity index (χ4n) is 2.79. The summed E-state index contributed by atoms with van der Waals surface area (Å²) in [5, 5.41) is 3.03. The molecular weight excluding hydrogens is 288 g/mol. The van der Waals surface area contributed by atoms with Gasteiger partial charge in [-0.15, -0.1) is 0 Å². The molecule has 1 atom stereocenters. The predicted octanol–water partition coefficient (Wildman–Crippen LogP) is 2.73. The first-order valence-electron chi connectivity index (χ1n) is 7.90. The number of carbonyl (C=O) groups excluding carboxylic acids is 1. The molecule has 0 aliphatic carbocycles. The first kappa shape index (κ1) is 15.4. The van der Waals surface area contributed by atoms with E-state index in [9.17, 15) is 4.79 Å². The normalized spacial score (nSPS) is 16.2. The van der Waals surface area contributed by atoms with E-state index < -0.39 is 0 Å². The molecule has 0 radical (unpaired) electrons. The molecule has 3 rings (SSSR count). The Hall–Kier alpha value is -2.49. The average Bonchev–Trinajstić information content (AvgIpc) is 2.59. The van der Waals surface area contributed by atoms with Gasteiger partial charge >= 0.3 is 0 Å². The Morgan fingerprint density at radius 3 is 2.87 bits per heavy atom. The maximum Gasteiger partial charge on any atom is 0.251 e. The second kappa shape index (κ2) is 6.73. The molecule has 0 aromatic heterocycles. The third kappa shape index (κ3) is 3.65. The largest absolute Gasteiger partial charge is 0.493 e. The molecule has 0 unspecified atom stereocenters. The van der Waals surface area contributed by atoms with Crippen LogP contribution in [0.3, 0.4) is 0 Å². The molecule has 1 N–H and O–H groups in total. The molecule has 0 spiro atoms. The van der Waals surface area contributed by atoms with E-state index >= 15 is 0 Å². The lowest BCUT2D eigenvalue weighted by Gasteiger charge is -2.25. The zero-order chi connectivity index (χ0) is 16.2. The van der Waals surface area contributed by atoms with Gasteiger partial charge in [0.1, 0.15) is 5.75 Å². The van der Waals surface area contributed by atoms with Crippen LogP contribution < -0.4 is 15.0 Å². The number of rotatable bonds is 4. The number of anilines is 1. The Bertz CT molecular complexity index is 697. The van der Waals surface area contributed by atoms with E-state index in [1.807, 2.05) is 61.5 Å². The number of hydrogen-bond donors (Lipinski definition) is 1. The number of nitrogens with one attached hydrogen (secondary N) is 1. The van der Waals surface area contributed by atoms with Gasteiger partial charge in [0, 0.05) is 37.8 Å². The summed E-state index contributed by atoms with van der Waals surface area (Å²) in [6, 6.07) is 15.7. The summed E-state index contributed by atoms with van der Waals surface area (Å²) in [5.41, 5.74) is 2.92. The second-order valence-electron chi connectivity index (χ2n) is 6.14. The van der Waals surface area contributed by atoms with Gasteiger partial charge in [-0.25, -0.2) is 0 Å². The smallest absolute Gasteiger partial charge is 0.251 e. The van der Waals surface area contributed by atoms with Crippen molar-refractivity contribution in [1.29, 1.82) is 0 Å². The number of hydrogen-bond acceptors (Lipinski definition) is 3. The fraction of sp³-hybridized carbons (Fsp3) is 0.316. The summed E-state index contributed by atoms with van der Waals surface area (Å²) in [6.07, 6.45) is 0.939. The van der Waals surface area contributed by atoms with Crippen molar-refractivity contribution in [3.63, 3.8) is 0 Å². The van der Waals surface area contributed by atoms with Crippen molar-refractivity contribution in [2.75, 3.05) is 32.1 Å². The highest BCUT2D eigenvalue weighted by Crippen LogP contribution is 2.26. The third-order valence-electron chi connectivity index (χ3n) is 4.13. The molecule has 0 fully saturated rings. The fourth-order valence-corrected chi connectivity index (χ4v) is 2.79. The number of amides is 1. The van der Waals surface area contributed by atoms with Crippen LogP contribution >= 0.6 is 0 Å². The van der Waals surface area contributed by atoms with E-state index in [1.54, 1.807) is 0 Å². The molecule has 1 aliphatic heterocycles. The molecular formula is C19H22N2O2. The minimum absolute atomic E-state index is 0.0347. The quantitative estimate of drug-likeness (QED) is 0.944. The highest BCUT2D eigenvalue weighted by atomic mass is 16.5. The van der Waals surface area contributed by atoms with Crippen molar-refractivity contribution >= 4 is 11.6 Å². The van der Waals surface area contributed by atoms with Crippen LogP contribution in [0.25, 0.3) is 0 Å². The summed E-state index contributed by atoms with van der Waals surface area (Å²) in [5.74, 6) is 1.24. The highest BCUT2D eigenvalue weighted by molar-refractivity contribution is 5.95. The Balaban J connectivity index is 1.59. The lowest BCUT2D eigenvalue weighted by atomic mass is 9.96. The van der Waals surface area contributed by atoms with Crippen LogP contribution in [0, 0.1) is 5.92 Å². The van der Waals surface area contributed by atoms with Gasteiger partial charge in [-0.2, -0.15) is 0 Å². The third-order valence-corrected chi connectivity index (χ3v) is 4.13. The van der Waals surface area contributed by atoms with E-state index in [2.05, 4.69) is 11.4 Å². The van der Waals surface area contributed by atoms with Gasteiger partial charge < -0.3 is 15.0 Å². The first-order chi connectivity index (χ1) is 11.1. The Morgan fingerprint density at radius 1 is 1.22 bits per heavy atom. The summed E-state index contributed by atoms with van der Waals surface area (Å²) in [6.45, 7) is 1.27. The Labute approximate surface area is 137 Å². The number of benzene rings is 2. The number of ether oxygens (including phenoxy) is 1. The van der Waals surface area contributed by atoms with E-state index in [0.29, 0.717) is 24.6 Å². The molecule has 1 heterocycles. The Morgan fingerprint density at radius 2 is 2.04 bits per heavy atom. The minimum Gasteiger partial charge on any atom is -0.493 e. The molecule has 0 saturated carbocycles. The summed E-state index contributed by atoms with van der Waals surface area (Å²) in [4.78, 5) is 14.3. The molecule has 2 aromatic carbocycles. The molecule has 2 aromatic rings. The summed E-state index contributed by atoms with van der Waals surface area (Å²) < 4.78 is 5.77. The molecule has 4 nitrogen and oxygen atoms in total. The topological polar surface area (TPSA) is 41.6 Å². The molecule has 1 aliphatic rings. The Kier molecular flexibility index (Phi) is 4.51. The zero-order valence-electron chi connectivity index (χ0n) is 13.6. The molecule has 1 amide bonds. The van der Waals surface area contributed by atoms with Gasteiger partial charge in [-0.05, 0) is 36.2 Å². The SMILES string of the molecule is CN(C)c1cccc(C(=O)NC[C@H]2COc3ccccc3C2)c1. The van der Waals surface area contributed by atoms with Gasteiger partial charge in [0.05, 0.1) is 6.61 Å². The van der Waals surface area contributed by atoms with Crippen molar-refractivity contribution < 1.29 is 9.53 Å². The van der Waals surface area contributed by atoms with Gasteiger partial charge in [0.25, 0.3) is 5.91 Å². The van der Waals surface area contributed by atoms with E-state index in [4.69, 9.17) is 4.74 Å². The molecule has 120 valence electrons. The van der Waals surface area contributed by atoms with Gasteiger partial charge in [0.2, 0.25) is 0 Å². The molecule has 0 bridgehead atoms.